The molecule has 21 heavy (non-hydrogen) atoms. The number of alkyl halides is 1. The number of rotatable bonds is 5. The van der Waals surface area contributed by atoms with Crippen molar-refractivity contribution in [2.45, 2.75) is 5.38 Å². The van der Waals surface area contributed by atoms with Gasteiger partial charge >= 0.3 is 0 Å². The normalized spacial score (nSPS) is 11.6. The molecule has 0 heterocycles. The molecule has 1 N–H and O–H groups in total. The number of amides is 1. The van der Waals surface area contributed by atoms with Gasteiger partial charge in [0.2, 0.25) is 5.91 Å². The summed E-state index contributed by atoms with van der Waals surface area (Å²) in [6.07, 6.45) is 0. The van der Waals surface area contributed by atoms with Gasteiger partial charge in [-0.25, -0.2) is 0 Å². The van der Waals surface area contributed by atoms with Gasteiger partial charge in [-0.1, -0.05) is 30.3 Å². The lowest BCUT2D eigenvalue weighted by Crippen LogP contribution is -2.17. The number of carbonyl (C=O) groups is 1. The Labute approximate surface area is 128 Å². The minimum atomic E-state index is -0.776. The predicted octanol–water partition coefficient (Wildman–Crippen LogP) is 3.62. The Balaban J connectivity index is 2.19. The monoisotopic (exact) mass is 305 g/mol. The van der Waals surface area contributed by atoms with Crippen LogP contribution in [0.25, 0.3) is 0 Å². The van der Waals surface area contributed by atoms with Crippen LogP contribution in [0, 0.1) is 0 Å². The molecule has 2 aromatic carbocycles. The van der Waals surface area contributed by atoms with Gasteiger partial charge in [0, 0.05) is 6.07 Å². The molecule has 0 bridgehead atoms. The SMILES string of the molecule is COc1ccc(OC)c(NC(=O)[C@H](Cl)c2ccccc2)c1. The maximum atomic E-state index is 12.2. The summed E-state index contributed by atoms with van der Waals surface area (Å²) in [5.74, 6) is 0.840. The highest BCUT2D eigenvalue weighted by atomic mass is 35.5. The van der Waals surface area contributed by atoms with E-state index in [9.17, 15) is 4.79 Å². The number of nitrogens with one attached hydrogen (secondary N) is 1. The molecule has 0 radical (unpaired) electrons. The molecule has 0 spiro atoms. The van der Waals surface area contributed by atoms with E-state index < -0.39 is 5.38 Å². The van der Waals surface area contributed by atoms with Crippen molar-refractivity contribution in [3.63, 3.8) is 0 Å². The van der Waals surface area contributed by atoms with E-state index in [-0.39, 0.29) is 5.91 Å². The van der Waals surface area contributed by atoms with E-state index in [0.717, 1.165) is 5.56 Å². The van der Waals surface area contributed by atoms with E-state index in [2.05, 4.69) is 5.32 Å². The first-order chi connectivity index (χ1) is 10.2. The Morgan fingerprint density at radius 3 is 2.43 bits per heavy atom. The molecule has 2 aromatic rings. The second-order valence-electron chi connectivity index (χ2n) is 4.33. The summed E-state index contributed by atoms with van der Waals surface area (Å²) in [5, 5.41) is 1.98. The molecule has 2 rings (SSSR count). The number of benzene rings is 2. The van der Waals surface area contributed by atoms with Crippen LogP contribution in [-0.2, 0) is 4.79 Å². The Morgan fingerprint density at radius 2 is 1.81 bits per heavy atom. The molecular weight excluding hydrogens is 290 g/mol. The molecule has 0 aliphatic rings. The zero-order valence-corrected chi connectivity index (χ0v) is 12.6. The van der Waals surface area contributed by atoms with Crippen molar-refractivity contribution in [3.05, 3.63) is 54.1 Å². The summed E-state index contributed by atoms with van der Waals surface area (Å²) >= 11 is 6.19. The van der Waals surface area contributed by atoms with Gasteiger partial charge in [0.15, 0.2) is 0 Å². The van der Waals surface area contributed by atoms with E-state index >= 15 is 0 Å². The Morgan fingerprint density at radius 1 is 1.10 bits per heavy atom. The highest BCUT2D eigenvalue weighted by Crippen LogP contribution is 2.30. The van der Waals surface area contributed by atoms with Crippen molar-refractivity contribution in [3.8, 4) is 11.5 Å². The fourth-order valence-corrected chi connectivity index (χ4v) is 2.08. The minimum absolute atomic E-state index is 0.325. The molecule has 1 amide bonds. The number of halogens is 1. The fraction of sp³-hybridized carbons (Fsp3) is 0.188. The van der Waals surface area contributed by atoms with E-state index in [1.165, 1.54) is 7.11 Å². The van der Waals surface area contributed by atoms with Crippen molar-refractivity contribution >= 4 is 23.2 Å². The Bertz CT molecular complexity index is 616. The van der Waals surface area contributed by atoms with Gasteiger partial charge in [0.05, 0.1) is 19.9 Å². The molecule has 0 unspecified atom stereocenters. The number of methoxy groups -OCH3 is 2. The highest BCUT2D eigenvalue weighted by Gasteiger charge is 2.19. The topological polar surface area (TPSA) is 47.6 Å². The van der Waals surface area contributed by atoms with E-state index in [4.69, 9.17) is 21.1 Å². The van der Waals surface area contributed by atoms with Crippen LogP contribution in [0.15, 0.2) is 48.5 Å². The standard InChI is InChI=1S/C16H16ClNO3/c1-20-12-8-9-14(21-2)13(10-12)18-16(19)15(17)11-6-4-3-5-7-11/h3-10,15H,1-2H3,(H,18,19)/t15-/m1/s1. The van der Waals surface area contributed by atoms with E-state index in [0.29, 0.717) is 17.2 Å². The second-order valence-corrected chi connectivity index (χ2v) is 4.77. The lowest BCUT2D eigenvalue weighted by atomic mass is 10.1. The molecule has 4 nitrogen and oxygen atoms in total. The Hall–Kier alpha value is -2.20. The number of carbonyl (C=O) groups excluding carboxylic acids is 1. The van der Waals surface area contributed by atoms with Gasteiger partial charge in [-0.05, 0) is 17.7 Å². The first-order valence-electron chi connectivity index (χ1n) is 6.37. The van der Waals surface area contributed by atoms with Gasteiger partial charge in [0.25, 0.3) is 0 Å². The molecule has 5 heteroatoms. The lowest BCUT2D eigenvalue weighted by Gasteiger charge is -2.14. The lowest BCUT2D eigenvalue weighted by molar-refractivity contribution is -0.116. The van der Waals surface area contributed by atoms with Crippen molar-refractivity contribution < 1.29 is 14.3 Å². The molecule has 0 aliphatic heterocycles. The van der Waals surface area contributed by atoms with E-state index in [1.54, 1.807) is 37.4 Å². The van der Waals surface area contributed by atoms with Gasteiger partial charge in [-0.3, -0.25) is 4.79 Å². The smallest absolute Gasteiger partial charge is 0.247 e. The number of hydrogen-bond acceptors (Lipinski definition) is 3. The first-order valence-corrected chi connectivity index (χ1v) is 6.81. The van der Waals surface area contributed by atoms with Gasteiger partial charge in [0.1, 0.15) is 16.9 Å². The maximum Gasteiger partial charge on any atom is 0.247 e. The molecular formula is C16H16ClNO3. The van der Waals surface area contributed by atoms with Crippen LogP contribution in [0.1, 0.15) is 10.9 Å². The molecule has 110 valence electrons. The van der Waals surface area contributed by atoms with Crippen LogP contribution in [0.4, 0.5) is 5.69 Å². The summed E-state index contributed by atoms with van der Waals surface area (Å²) in [6, 6.07) is 14.3. The van der Waals surface area contributed by atoms with Crippen molar-refractivity contribution in [1.29, 1.82) is 0 Å². The van der Waals surface area contributed by atoms with Crippen LogP contribution in [0.3, 0.4) is 0 Å². The third-order valence-electron chi connectivity index (χ3n) is 2.99. The van der Waals surface area contributed by atoms with Crippen LogP contribution < -0.4 is 14.8 Å². The molecule has 0 aromatic heterocycles. The molecule has 0 aliphatic carbocycles. The van der Waals surface area contributed by atoms with Crippen LogP contribution in [0.5, 0.6) is 11.5 Å². The van der Waals surface area contributed by atoms with Crippen LogP contribution in [0.2, 0.25) is 0 Å². The van der Waals surface area contributed by atoms with Crippen molar-refractivity contribution in [2.75, 3.05) is 19.5 Å². The van der Waals surface area contributed by atoms with Gasteiger partial charge < -0.3 is 14.8 Å². The Kier molecular flexibility index (Phi) is 5.06. The fourth-order valence-electron chi connectivity index (χ4n) is 1.88. The summed E-state index contributed by atoms with van der Waals surface area (Å²) in [7, 11) is 3.09. The highest BCUT2D eigenvalue weighted by molar-refractivity contribution is 6.32. The van der Waals surface area contributed by atoms with Crippen molar-refractivity contribution in [1.82, 2.24) is 0 Å². The molecule has 1 atom stereocenters. The number of hydrogen-bond donors (Lipinski definition) is 1. The molecule has 0 saturated heterocycles. The summed E-state index contributed by atoms with van der Waals surface area (Å²) in [5.41, 5.74) is 1.25. The summed E-state index contributed by atoms with van der Waals surface area (Å²) < 4.78 is 10.4. The largest absolute Gasteiger partial charge is 0.497 e. The molecule has 0 saturated carbocycles. The van der Waals surface area contributed by atoms with Crippen LogP contribution >= 0.6 is 11.6 Å². The third kappa shape index (κ3) is 3.67. The summed E-state index contributed by atoms with van der Waals surface area (Å²) in [6.45, 7) is 0. The van der Waals surface area contributed by atoms with Gasteiger partial charge in [-0.15, -0.1) is 11.6 Å². The van der Waals surface area contributed by atoms with Crippen molar-refractivity contribution in [2.24, 2.45) is 0 Å². The average Bonchev–Trinajstić information content (AvgIpc) is 2.54. The maximum absolute atomic E-state index is 12.2. The predicted molar refractivity (Wildman–Crippen MR) is 83.2 cm³/mol. The minimum Gasteiger partial charge on any atom is -0.497 e. The first kappa shape index (κ1) is 15.2. The average molecular weight is 306 g/mol. The second kappa shape index (κ2) is 6.99. The zero-order chi connectivity index (χ0) is 15.2. The van der Waals surface area contributed by atoms with Gasteiger partial charge in [-0.2, -0.15) is 0 Å². The third-order valence-corrected chi connectivity index (χ3v) is 3.44. The number of anilines is 1. The zero-order valence-electron chi connectivity index (χ0n) is 11.8. The van der Waals surface area contributed by atoms with E-state index in [1.807, 2.05) is 18.2 Å². The molecule has 0 fully saturated rings. The number of ether oxygens (including phenoxy) is 2. The quantitative estimate of drug-likeness (QED) is 0.858. The summed E-state index contributed by atoms with van der Waals surface area (Å²) in [4.78, 5) is 12.2. The van der Waals surface area contributed by atoms with Crippen LogP contribution in [-0.4, -0.2) is 20.1 Å².